The summed E-state index contributed by atoms with van der Waals surface area (Å²) >= 11 is 1.47. The number of rotatable bonds is 4. The van der Waals surface area contributed by atoms with Crippen molar-refractivity contribution in [2.24, 2.45) is 0 Å². The second-order valence-electron chi connectivity index (χ2n) is 4.47. The fourth-order valence-electron chi connectivity index (χ4n) is 1.83. The Hall–Kier alpha value is -2.86. The number of benzene rings is 1. The smallest absolute Gasteiger partial charge is 0.291 e. The van der Waals surface area contributed by atoms with Crippen LogP contribution in [0.1, 0.15) is 20.9 Å². The number of carbonyl (C=O) groups excluding carboxylic acids is 2. The lowest BCUT2D eigenvalue weighted by atomic mass is 10.2. The molecule has 0 fully saturated rings. The van der Waals surface area contributed by atoms with E-state index in [1.54, 1.807) is 47.8 Å². The highest BCUT2D eigenvalue weighted by molar-refractivity contribution is 7.08. The average Bonchev–Trinajstić information content (AvgIpc) is 3.23. The van der Waals surface area contributed by atoms with Crippen molar-refractivity contribution in [2.75, 3.05) is 10.6 Å². The fourth-order valence-corrected chi connectivity index (χ4v) is 2.47. The summed E-state index contributed by atoms with van der Waals surface area (Å²) in [7, 11) is 0. The van der Waals surface area contributed by atoms with Gasteiger partial charge < -0.3 is 15.1 Å². The number of hydrogen-bond acceptors (Lipinski definition) is 4. The van der Waals surface area contributed by atoms with Crippen LogP contribution in [-0.4, -0.2) is 11.8 Å². The molecule has 5 nitrogen and oxygen atoms in total. The lowest BCUT2D eigenvalue weighted by molar-refractivity contribution is 0.0994. The first-order valence-electron chi connectivity index (χ1n) is 6.51. The van der Waals surface area contributed by atoms with Crippen LogP contribution >= 0.6 is 11.3 Å². The number of carbonyl (C=O) groups is 2. The van der Waals surface area contributed by atoms with Gasteiger partial charge in [0, 0.05) is 16.8 Å². The van der Waals surface area contributed by atoms with E-state index in [4.69, 9.17) is 4.42 Å². The van der Waals surface area contributed by atoms with Crippen molar-refractivity contribution in [3.05, 3.63) is 70.8 Å². The van der Waals surface area contributed by atoms with Crippen LogP contribution in [0, 0.1) is 0 Å². The van der Waals surface area contributed by atoms with Crippen LogP contribution < -0.4 is 10.6 Å². The fraction of sp³-hybridized carbons (Fsp3) is 0. The molecule has 1 aromatic carbocycles. The normalized spacial score (nSPS) is 10.2. The Morgan fingerprint density at radius 1 is 0.909 bits per heavy atom. The maximum atomic E-state index is 11.9. The maximum absolute atomic E-state index is 11.9. The number of anilines is 2. The summed E-state index contributed by atoms with van der Waals surface area (Å²) in [5.41, 5.74) is 1.90. The molecule has 110 valence electrons. The largest absolute Gasteiger partial charge is 0.459 e. The SMILES string of the molecule is O=C(Nc1ccc(NC(=O)c2ccco2)cc1)c1ccsc1. The minimum absolute atomic E-state index is 0.159. The number of thiophene rings is 1. The first-order chi connectivity index (χ1) is 10.7. The third-order valence-corrected chi connectivity index (χ3v) is 3.61. The Morgan fingerprint density at radius 3 is 2.14 bits per heavy atom. The molecule has 0 saturated carbocycles. The van der Waals surface area contributed by atoms with Crippen LogP contribution in [-0.2, 0) is 0 Å². The van der Waals surface area contributed by atoms with Gasteiger partial charge in [-0.2, -0.15) is 11.3 Å². The van der Waals surface area contributed by atoms with E-state index >= 15 is 0 Å². The quantitative estimate of drug-likeness (QED) is 0.768. The van der Waals surface area contributed by atoms with Crippen molar-refractivity contribution >= 4 is 34.5 Å². The molecule has 0 saturated heterocycles. The van der Waals surface area contributed by atoms with Gasteiger partial charge in [0.25, 0.3) is 11.8 Å². The van der Waals surface area contributed by atoms with Crippen molar-refractivity contribution in [3.8, 4) is 0 Å². The van der Waals surface area contributed by atoms with Crippen LogP contribution in [0.5, 0.6) is 0 Å². The molecule has 0 bridgehead atoms. The number of hydrogen-bond donors (Lipinski definition) is 2. The van der Waals surface area contributed by atoms with Gasteiger partial charge in [0.1, 0.15) is 0 Å². The second-order valence-corrected chi connectivity index (χ2v) is 5.25. The van der Waals surface area contributed by atoms with Gasteiger partial charge >= 0.3 is 0 Å². The summed E-state index contributed by atoms with van der Waals surface area (Å²) in [6, 6.07) is 11.9. The number of furan rings is 1. The zero-order chi connectivity index (χ0) is 15.4. The second kappa shape index (κ2) is 6.28. The van der Waals surface area contributed by atoms with E-state index in [1.165, 1.54) is 17.6 Å². The summed E-state index contributed by atoms with van der Waals surface area (Å²) in [6.07, 6.45) is 1.44. The van der Waals surface area contributed by atoms with Gasteiger partial charge in [-0.05, 0) is 47.8 Å². The molecule has 0 aliphatic heterocycles. The number of amides is 2. The van der Waals surface area contributed by atoms with Gasteiger partial charge in [0.05, 0.1) is 11.8 Å². The molecular formula is C16H12N2O3S. The highest BCUT2D eigenvalue weighted by Crippen LogP contribution is 2.16. The van der Waals surface area contributed by atoms with E-state index in [0.29, 0.717) is 16.9 Å². The van der Waals surface area contributed by atoms with Crippen molar-refractivity contribution in [3.63, 3.8) is 0 Å². The summed E-state index contributed by atoms with van der Waals surface area (Å²) in [4.78, 5) is 23.7. The summed E-state index contributed by atoms with van der Waals surface area (Å²) in [5.74, 6) is -0.233. The summed E-state index contributed by atoms with van der Waals surface area (Å²) in [5, 5.41) is 9.13. The van der Waals surface area contributed by atoms with E-state index in [0.717, 1.165) is 0 Å². The lowest BCUT2D eigenvalue weighted by Gasteiger charge is -2.06. The van der Waals surface area contributed by atoms with Gasteiger partial charge in [-0.1, -0.05) is 0 Å². The molecule has 0 radical (unpaired) electrons. The molecule has 0 spiro atoms. The first kappa shape index (κ1) is 14.1. The minimum Gasteiger partial charge on any atom is -0.459 e. The van der Waals surface area contributed by atoms with Crippen LogP contribution in [0.2, 0.25) is 0 Å². The van der Waals surface area contributed by atoms with E-state index < -0.39 is 0 Å². The number of nitrogens with one attached hydrogen (secondary N) is 2. The first-order valence-corrected chi connectivity index (χ1v) is 7.45. The predicted octanol–water partition coefficient (Wildman–Crippen LogP) is 3.85. The lowest BCUT2D eigenvalue weighted by Crippen LogP contribution is -2.12. The molecule has 3 rings (SSSR count). The van der Waals surface area contributed by atoms with Gasteiger partial charge in [0.2, 0.25) is 0 Å². The van der Waals surface area contributed by atoms with Gasteiger partial charge in [-0.25, -0.2) is 0 Å². The molecule has 22 heavy (non-hydrogen) atoms. The Labute approximate surface area is 130 Å². The Kier molecular flexibility index (Phi) is 4.02. The van der Waals surface area contributed by atoms with Gasteiger partial charge in [-0.3, -0.25) is 9.59 Å². The molecule has 0 aliphatic carbocycles. The van der Waals surface area contributed by atoms with Crippen LogP contribution in [0.4, 0.5) is 11.4 Å². The standard InChI is InChI=1S/C16H12N2O3S/c19-15(11-7-9-22-10-11)17-12-3-5-13(6-4-12)18-16(20)14-2-1-8-21-14/h1-10H,(H,17,19)(H,18,20). The predicted molar refractivity (Wildman–Crippen MR) is 85.4 cm³/mol. The molecule has 0 unspecified atom stereocenters. The Bertz CT molecular complexity index is 695. The van der Waals surface area contributed by atoms with Crippen LogP contribution in [0.3, 0.4) is 0 Å². The molecule has 3 aromatic rings. The zero-order valence-corrected chi connectivity index (χ0v) is 12.2. The molecule has 2 aromatic heterocycles. The third kappa shape index (κ3) is 3.24. The zero-order valence-electron chi connectivity index (χ0n) is 11.4. The average molecular weight is 312 g/mol. The van der Waals surface area contributed by atoms with Crippen molar-refractivity contribution in [2.45, 2.75) is 0 Å². The van der Waals surface area contributed by atoms with E-state index in [1.807, 2.05) is 5.38 Å². The monoisotopic (exact) mass is 312 g/mol. The maximum Gasteiger partial charge on any atom is 0.291 e. The highest BCUT2D eigenvalue weighted by Gasteiger charge is 2.09. The molecule has 6 heteroatoms. The van der Waals surface area contributed by atoms with Crippen LogP contribution in [0.15, 0.2) is 63.9 Å². The Morgan fingerprint density at radius 2 is 1.59 bits per heavy atom. The van der Waals surface area contributed by atoms with Gasteiger partial charge in [0.15, 0.2) is 5.76 Å². The van der Waals surface area contributed by atoms with E-state index in [9.17, 15) is 9.59 Å². The minimum atomic E-state index is -0.319. The molecule has 2 N–H and O–H groups in total. The topological polar surface area (TPSA) is 71.3 Å². The van der Waals surface area contributed by atoms with Gasteiger partial charge in [-0.15, -0.1) is 0 Å². The third-order valence-electron chi connectivity index (χ3n) is 2.93. The molecule has 2 heterocycles. The van der Waals surface area contributed by atoms with Crippen molar-refractivity contribution in [1.82, 2.24) is 0 Å². The van der Waals surface area contributed by atoms with Crippen molar-refractivity contribution < 1.29 is 14.0 Å². The van der Waals surface area contributed by atoms with E-state index in [2.05, 4.69) is 10.6 Å². The van der Waals surface area contributed by atoms with Crippen molar-refractivity contribution in [1.29, 1.82) is 0 Å². The molecular weight excluding hydrogens is 300 g/mol. The molecule has 0 aliphatic rings. The summed E-state index contributed by atoms with van der Waals surface area (Å²) < 4.78 is 5.02. The van der Waals surface area contributed by atoms with Crippen LogP contribution in [0.25, 0.3) is 0 Å². The molecule has 0 atom stereocenters. The molecule has 2 amide bonds. The van der Waals surface area contributed by atoms with E-state index in [-0.39, 0.29) is 17.6 Å². The Balaban J connectivity index is 1.63. The summed E-state index contributed by atoms with van der Waals surface area (Å²) in [6.45, 7) is 0. The highest BCUT2D eigenvalue weighted by atomic mass is 32.1.